The van der Waals surface area contributed by atoms with E-state index >= 15 is 0 Å². The minimum atomic E-state index is -0.0311. The van der Waals surface area contributed by atoms with E-state index in [0.717, 1.165) is 0 Å². The lowest BCUT2D eigenvalue weighted by molar-refractivity contribution is 0.475. The third-order valence-corrected chi connectivity index (χ3v) is 2.34. The first-order valence-electron chi connectivity index (χ1n) is 3.93. The van der Waals surface area contributed by atoms with E-state index in [1.807, 2.05) is 0 Å². The lowest BCUT2D eigenvalue weighted by atomic mass is 10.2. The highest BCUT2D eigenvalue weighted by atomic mass is 35.5. The van der Waals surface area contributed by atoms with Gasteiger partial charge < -0.3 is 5.11 Å². The second kappa shape index (κ2) is 5.41. The highest BCUT2D eigenvalue weighted by Gasteiger charge is 2.03. The van der Waals surface area contributed by atoms with Crippen LogP contribution in [0.2, 0.25) is 10.0 Å². The summed E-state index contributed by atoms with van der Waals surface area (Å²) < 4.78 is 0. The zero-order chi connectivity index (χ0) is 10.6. The first kappa shape index (κ1) is 11.6. The van der Waals surface area contributed by atoms with Crippen LogP contribution in [0.25, 0.3) is 0 Å². The molecule has 0 spiro atoms. The maximum atomic E-state index is 9.22. The summed E-state index contributed by atoms with van der Waals surface area (Å²) in [7, 11) is 0. The molecular formula is C10H8Cl2OS. The van der Waals surface area contributed by atoms with Gasteiger partial charge in [-0.2, -0.15) is 12.6 Å². The van der Waals surface area contributed by atoms with Crippen LogP contribution in [-0.2, 0) is 0 Å². The van der Waals surface area contributed by atoms with Gasteiger partial charge in [0.1, 0.15) is 5.75 Å². The molecule has 0 saturated carbocycles. The average Bonchev–Trinajstić information content (AvgIpc) is 2.14. The van der Waals surface area contributed by atoms with Crippen LogP contribution in [0.15, 0.2) is 12.1 Å². The molecule has 0 unspecified atom stereocenters. The van der Waals surface area contributed by atoms with Crippen molar-refractivity contribution in [3.63, 3.8) is 0 Å². The number of hydrogen-bond acceptors (Lipinski definition) is 2. The Morgan fingerprint density at radius 3 is 2.64 bits per heavy atom. The van der Waals surface area contributed by atoms with Crippen LogP contribution in [0.1, 0.15) is 12.0 Å². The maximum Gasteiger partial charge on any atom is 0.135 e. The molecule has 4 heteroatoms. The summed E-state index contributed by atoms with van der Waals surface area (Å²) in [5, 5.41) is 9.88. The minimum Gasteiger partial charge on any atom is -0.506 e. The molecule has 1 aromatic carbocycles. The summed E-state index contributed by atoms with van der Waals surface area (Å²) in [6.07, 6.45) is 0.692. The van der Waals surface area contributed by atoms with Gasteiger partial charge in [0.25, 0.3) is 0 Å². The molecule has 14 heavy (non-hydrogen) atoms. The van der Waals surface area contributed by atoms with Gasteiger partial charge in [0.2, 0.25) is 0 Å². The third kappa shape index (κ3) is 3.02. The average molecular weight is 247 g/mol. The van der Waals surface area contributed by atoms with Gasteiger partial charge in [0, 0.05) is 23.8 Å². The molecular weight excluding hydrogens is 239 g/mol. The number of benzene rings is 1. The van der Waals surface area contributed by atoms with Gasteiger partial charge in [-0.3, -0.25) is 0 Å². The second-order valence-electron chi connectivity index (χ2n) is 2.56. The van der Waals surface area contributed by atoms with Crippen LogP contribution in [-0.4, -0.2) is 10.9 Å². The summed E-state index contributed by atoms with van der Waals surface area (Å²) in [4.78, 5) is 0. The van der Waals surface area contributed by atoms with Crippen molar-refractivity contribution in [2.45, 2.75) is 6.42 Å². The third-order valence-electron chi connectivity index (χ3n) is 1.50. The topological polar surface area (TPSA) is 20.2 Å². The number of rotatable bonds is 1. The summed E-state index contributed by atoms with van der Waals surface area (Å²) in [6.45, 7) is 0. The van der Waals surface area contributed by atoms with E-state index in [0.29, 0.717) is 22.8 Å². The van der Waals surface area contributed by atoms with Gasteiger partial charge in [0.15, 0.2) is 0 Å². The molecule has 74 valence electrons. The first-order chi connectivity index (χ1) is 6.65. The van der Waals surface area contributed by atoms with E-state index in [1.165, 1.54) is 6.07 Å². The summed E-state index contributed by atoms with van der Waals surface area (Å²) >= 11 is 15.6. The fourth-order valence-electron chi connectivity index (χ4n) is 0.846. The van der Waals surface area contributed by atoms with E-state index in [4.69, 9.17) is 23.2 Å². The quantitative estimate of drug-likeness (QED) is 0.575. The van der Waals surface area contributed by atoms with Gasteiger partial charge in [0.05, 0.1) is 10.0 Å². The number of thiol groups is 1. The number of aromatic hydroxyl groups is 1. The highest BCUT2D eigenvalue weighted by molar-refractivity contribution is 7.80. The second-order valence-corrected chi connectivity index (χ2v) is 3.82. The zero-order valence-corrected chi connectivity index (χ0v) is 9.63. The standard InChI is InChI=1S/C10H8Cl2OS/c11-8-6-10(13)9(12)5-7(8)3-1-2-4-14/h5-6,13-14H,2,4H2. The Kier molecular flexibility index (Phi) is 4.47. The van der Waals surface area contributed by atoms with Gasteiger partial charge in [-0.1, -0.05) is 35.0 Å². The summed E-state index contributed by atoms with van der Waals surface area (Å²) in [6, 6.07) is 2.93. The van der Waals surface area contributed by atoms with E-state index in [2.05, 4.69) is 24.5 Å². The monoisotopic (exact) mass is 246 g/mol. The largest absolute Gasteiger partial charge is 0.506 e. The lowest BCUT2D eigenvalue weighted by Gasteiger charge is -1.99. The molecule has 1 aromatic rings. The van der Waals surface area contributed by atoms with Crippen molar-refractivity contribution in [3.8, 4) is 17.6 Å². The van der Waals surface area contributed by atoms with Crippen molar-refractivity contribution >= 4 is 35.8 Å². The molecule has 1 nitrogen and oxygen atoms in total. The minimum absolute atomic E-state index is 0.0311. The van der Waals surface area contributed by atoms with Crippen molar-refractivity contribution in [2.24, 2.45) is 0 Å². The van der Waals surface area contributed by atoms with Crippen molar-refractivity contribution in [2.75, 3.05) is 5.75 Å². The first-order valence-corrected chi connectivity index (χ1v) is 5.31. The Bertz CT molecular complexity index is 393. The molecule has 0 bridgehead atoms. The van der Waals surface area contributed by atoms with Crippen LogP contribution < -0.4 is 0 Å². The maximum absolute atomic E-state index is 9.22. The molecule has 0 radical (unpaired) electrons. The number of hydrogen-bond donors (Lipinski definition) is 2. The predicted molar refractivity (Wildman–Crippen MR) is 63.5 cm³/mol. The van der Waals surface area contributed by atoms with Gasteiger partial charge in [-0.05, 0) is 6.07 Å². The Labute approximate surface area is 98.4 Å². The normalized spacial score (nSPS) is 9.36. The smallest absolute Gasteiger partial charge is 0.135 e. The fraction of sp³-hybridized carbons (Fsp3) is 0.200. The van der Waals surface area contributed by atoms with Crippen LogP contribution >= 0.6 is 35.8 Å². The van der Waals surface area contributed by atoms with Crippen molar-refractivity contribution in [1.29, 1.82) is 0 Å². The Morgan fingerprint density at radius 2 is 2.00 bits per heavy atom. The molecule has 0 amide bonds. The van der Waals surface area contributed by atoms with Crippen LogP contribution in [0.4, 0.5) is 0 Å². The summed E-state index contributed by atoms with van der Waals surface area (Å²) in [5.41, 5.74) is 0.622. The van der Waals surface area contributed by atoms with Crippen molar-refractivity contribution in [3.05, 3.63) is 27.7 Å². The molecule has 0 aliphatic heterocycles. The van der Waals surface area contributed by atoms with Crippen LogP contribution in [0.3, 0.4) is 0 Å². The molecule has 1 N–H and O–H groups in total. The molecule has 1 rings (SSSR count). The SMILES string of the molecule is Oc1cc(Cl)c(C#CCCS)cc1Cl. The van der Waals surface area contributed by atoms with Crippen LogP contribution in [0.5, 0.6) is 5.75 Å². The fourth-order valence-corrected chi connectivity index (χ4v) is 1.33. The lowest BCUT2D eigenvalue weighted by Crippen LogP contribution is -1.79. The molecule has 0 atom stereocenters. The molecule has 0 aromatic heterocycles. The zero-order valence-electron chi connectivity index (χ0n) is 7.22. The van der Waals surface area contributed by atoms with Crippen molar-refractivity contribution < 1.29 is 5.11 Å². The number of halogens is 2. The molecule has 0 fully saturated rings. The van der Waals surface area contributed by atoms with E-state index in [9.17, 15) is 5.11 Å². The van der Waals surface area contributed by atoms with Gasteiger partial charge >= 0.3 is 0 Å². The molecule has 0 aliphatic rings. The molecule has 0 aliphatic carbocycles. The Balaban J connectivity index is 3.00. The van der Waals surface area contributed by atoms with E-state index < -0.39 is 0 Å². The molecule has 0 saturated heterocycles. The highest BCUT2D eigenvalue weighted by Crippen LogP contribution is 2.29. The Morgan fingerprint density at radius 1 is 1.29 bits per heavy atom. The van der Waals surface area contributed by atoms with Crippen LogP contribution in [0, 0.1) is 11.8 Å². The van der Waals surface area contributed by atoms with Gasteiger partial charge in [-0.25, -0.2) is 0 Å². The number of phenols is 1. The predicted octanol–water partition coefficient (Wildman–Crippen LogP) is 3.37. The Hall–Kier alpha value is -0.490. The van der Waals surface area contributed by atoms with Gasteiger partial charge in [-0.15, -0.1) is 0 Å². The van der Waals surface area contributed by atoms with Crippen molar-refractivity contribution in [1.82, 2.24) is 0 Å². The van der Waals surface area contributed by atoms with E-state index in [1.54, 1.807) is 6.07 Å². The molecule has 0 heterocycles. The van der Waals surface area contributed by atoms with E-state index in [-0.39, 0.29) is 10.8 Å². The number of phenolic OH excluding ortho intramolecular Hbond substituents is 1. The summed E-state index contributed by atoms with van der Waals surface area (Å²) in [5.74, 6) is 6.42.